The van der Waals surface area contributed by atoms with Crippen molar-refractivity contribution in [3.8, 4) is 0 Å². The van der Waals surface area contributed by atoms with Crippen molar-refractivity contribution < 1.29 is 9.53 Å². The second kappa shape index (κ2) is 7.18. The zero-order valence-corrected chi connectivity index (χ0v) is 14.5. The fourth-order valence-electron chi connectivity index (χ4n) is 3.06. The minimum absolute atomic E-state index is 0.323. The standard InChI is InChI=1S/C16H22Cl2N2O2/c1-3-22-15(21)14(19)16(6-8-20(2)9-7-16)11-4-5-12(17)13(18)10-11/h4-5,10,14H,3,6-9,19H2,1-2H3. The Morgan fingerprint density at radius 1 is 1.36 bits per heavy atom. The van der Waals surface area contributed by atoms with Crippen molar-refractivity contribution in [3.05, 3.63) is 33.8 Å². The molecule has 1 saturated heterocycles. The van der Waals surface area contributed by atoms with Gasteiger partial charge in [0.05, 0.1) is 16.7 Å². The summed E-state index contributed by atoms with van der Waals surface area (Å²) in [6.07, 6.45) is 1.56. The lowest BCUT2D eigenvalue weighted by Crippen LogP contribution is -2.56. The Hall–Kier alpha value is -0.810. The molecular formula is C16H22Cl2N2O2. The van der Waals surface area contributed by atoms with Crippen LogP contribution in [0.15, 0.2) is 18.2 Å². The van der Waals surface area contributed by atoms with Gasteiger partial charge < -0.3 is 15.4 Å². The highest BCUT2D eigenvalue weighted by Crippen LogP contribution is 2.40. The predicted molar refractivity (Wildman–Crippen MR) is 89.5 cm³/mol. The van der Waals surface area contributed by atoms with Gasteiger partial charge in [-0.2, -0.15) is 0 Å². The Kier molecular flexibility index (Phi) is 5.72. The molecule has 1 atom stereocenters. The van der Waals surface area contributed by atoms with Crippen molar-refractivity contribution in [2.45, 2.75) is 31.2 Å². The first kappa shape index (κ1) is 17.5. The average Bonchev–Trinajstić information content (AvgIpc) is 2.51. The molecule has 1 unspecified atom stereocenters. The van der Waals surface area contributed by atoms with E-state index < -0.39 is 11.5 Å². The Morgan fingerprint density at radius 3 is 2.55 bits per heavy atom. The smallest absolute Gasteiger partial charge is 0.323 e. The molecule has 1 fully saturated rings. The topological polar surface area (TPSA) is 55.6 Å². The third-order valence-corrected chi connectivity index (χ3v) is 5.25. The van der Waals surface area contributed by atoms with Gasteiger partial charge in [-0.15, -0.1) is 0 Å². The molecule has 0 bridgehead atoms. The van der Waals surface area contributed by atoms with Gasteiger partial charge in [0.1, 0.15) is 6.04 Å². The maximum absolute atomic E-state index is 12.2. The quantitative estimate of drug-likeness (QED) is 0.853. The molecule has 1 aromatic carbocycles. The van der Waals surface area contributed by atoms with Gasteiger partial charge in [0, 0.05) is 5.41 Å². The number of ether oxygens (including phenoxy) is 1. The second-order valence-corrected chi connectivity index (χ2v) is 6.63. The number of likely N-dealkylation sites (tertiary alicyclic amines) is 1. The average molecular weight is 345 g/mol. The number of esters is 1. The Bertz CT molecular complexity index is 543. The third kappa shape index (κ3) is 3.40. The predicted octanol–water partition coefficient (Wildman–Crippen LogP) is 2.85. The molecule has 22 heavy (non-hydrogen) atoms. The molecule has 0 spiro atoms. The van der Waals surface area contributed by atoms with E-state index in [0.717, 1.165) is 31.5 Å². The lowest BCUT2D eigenvalue weighted by Gasteiger charge is -2.44. The molecule has 2 rings (SSSR count). The number of halogens is 2. The summed E-state index contributed by atoms with van der Waals surface area (Å²) in [5.41, 5.74) is 6.80. The number of nitrogens with zero attached hydrogens (tertiary/aromatic N) is 1. The maximum Gasteiger partial charge on any atom is 0.323 e. The van der Waals surface area contributed by atoms with Crippen LogP contribution >= 0.6 is 23.2 Å². The first-order valence-electron chi connectivity index (χ1n) is 7.47. The normalized spacial score (nSPS) is 19.7. The molecule has 2 N–H and O–H groups in total. The first-order chi connectivity index (χ1) is 10.4. The lowest BCUT2D eigenvalue weighted by molar-refractivity contribution is -0.147. The number of hydrogen-bond donors (Lipinski definition) is 1. The van der Waals surface area contributed by atoms with Crippen molar-refractivity contribution in [1.29, 1.82) is 0 Å². The van der Waals surface area contributed by atoms with Crippen LogP contribution in [0.4, 0.5) is 0 Å². The van der Waals surface area contributed by atoms with Gasteiger partial charge in [0.25, 0.3) is 0 Å². The fourth-order valence-corrected chi connectivity index (χ4v) is 3.36. The molecule has 1 aliphatic rings. The van der Waals surface area contributed by atoms with Crippen LogP contribution in [-0.4, -0.2) is 43.7 Å². The third-order valence-electron chi connectivity index (χ3n) is 4.51. The number of piperidine rings is 1. The summed E-state index contributed by atoms with van der Waals surface area (Å²) in [6.45, 7) is 3.84. The summed E-state index contributed by atoms with van der Waals surface area (Å²) >= 11 is 12.2. The molecule has 4 nitrogen and oxygen atoms in total. The molecule has 0 aliphatic carbocycles. The second-order valence-electron chi connectivity index (χ2n) is 5.82. The van der Waals surface area contributed by atoms with Gasteiger partial charge in [-0.1, -0.05) is 29.3 Å². The molecule has 1 heterocycles. The zero-order valence-electron chi connectivity index (χ0n) is 12.9. The van der Waals surface area contributed by atoms with Gasteiger partial charge in [-0.05, 0) is 57.6 Å². The van der Waals surface area contributed by atoms with Crippen LogP contribution in [0.2, 0.25) is 10.0 Å². The molecule has 1 aliphatic heterocycles. The van der Waals surface area contributed by atoms with E-state index in [1.807, 2.05) is 12.1 Å². The van der Waals surface area contributed by atoms with Crippen molar-refractivity contribution >= 4 is 29.2 Å². The summed E-state index contributed by atoms with van der Waals surface area (Å²) in [4.78, 5) is 14.5. The molecule has 0 radical (unpaired) electrons. The molecule has 0 aromatic heterocycles. The van der Waals surface area contributed by atoms with Crippen LogP contribution in [0, 0.1) is 0 Å². The van der Waals surface area contributed by atoms with Crippen molar-refractivity contribution in [2.24, 2.45) is 5.73 Å². The van der Waals surface area contributed by atoms with Gasteiger partial charge in [-0.3, -0.25) is 4.79 Å². The molecule has 6 heteroatoms. The number of carbonyl (C=O) groups is 1. The van der Waals surface area contributed by atoms with Crippen LogP contribution in [0.3, 0.4) is 0 Å². The summed E-state index contributed by atoms with van der Waals surface area (Å²) in [5.74, 6) is -0.363. The van der Waals surface area contributed by atoms with E-state index >= 15 is 0 Å². The zero-order chi connectivity index (χ0) is 16.3. The fraction of sp³-hybridized carbons (Fsp3) is 0.562. The molecule has 0 amide bonds. The van der Waals surface area contributed by atoms with E-state index in [1.54, 1.807) is 13.0 Å². The van der Waals surface area contributed by atoms with Crippen LogP contribution in [0.1, 0.15) is 25.3 Å². The number of rotatable bonds is 4. The van der Waals surface area contributed by atoms with Crippen LogP contribution in [-0.2, 0) is 14.9 Å². The van der Waals surface area contributed by atoms with Crippen LogP contribution in [0.25, 0.3) is 0 Å². The van der Waals surface area contributed by atoms with Crippen molar-refractivity contribution in [3.63, 3.8) is 0 Å². The molecule has 0 saturated carbocycles. The Morgan fingerprint density at radius 2 is 2.00 bits per heavy atom. The van der Waals surface area contributed by atoms with Gasteiger partial charge >= 0.3 is 5.97 Å². The van der Waals surface area contributed by atoms with Crippen molar-refractivity contribution in [2.75, 3.05) is 26.7 Å². The van der Waals surface area contributed by atoms with E-state index in [0.29, 0.717) is 16.7 Å². The Labute approximate surface area is 141 Å². The summed E-state index contributed by atoms with van der Waals surface area (Å²) < 4.78 is 5.15. The van der Waals surface area contributed by atoms with Crippen LogP contribution < -0.4 is 5.73 Å². The van der Waals surface area contributed by atoms with Crippen LogP contribution in [0.5, 0.6) is 0 Å². The SMILES string of the molecule is CCOC(=O)C(N)C1(c2ccc(Cl)c(Cl)c2)CCN(C)CC1. The lowest BCUT2D eigenvalue weighted by atomic mass is 9.68. The van der Waals surface area contributed by atoms with Gasteiger partial charge in [0.15, 0.2) is 0 Å². The van der Waals surface area contributed by atoms with Gasteiger partial charge in [0.2, 0.25) is 0 Å². The largest absolute Gasteiger partial charge is 0.465 e. The van der Waals surface area contributed by atoms with E-state index in [-0.39, 0.29) is 5.97 Å². The number of nitrogens with two attached hydrogens (primary N) is 1. The number of hydrogen-bond acceptors (Lipinski definition) is 4. The molecular weight excluding hydrogens is 323 g/mol. The molecule has 122 valence electrons. The summed E-state index contributed by atoms with van der Waals surface area (Å²) in [7, 11) is 2.06. The summed E-state index contributed by atoms with van der Waals surface area (Å²) in [6, 6.07) is 4.79. The highest BCUT2D eigenvalue weighted by atomic mass is 35.5. The monoisotopic (exact) mass is 344 g/mol. The maximum atomic E-state index is 12.2. The van der Waals surface area contributed by atoms with E-state index in [4.69, 9.17) is 33.7 Å². The summed E-state index contributed by atoms with van der Waals surface area (Å²) in [5, 5.41) is 0.978. The molecule has 1 aromatic rings. The minimum atomic E-state index is -0.710. The number of benzene rings is 1. The Balaban J connectivity index is 2.41. The van der Waals surface area contributed by atoms with E-state index in [1.165, 1.54) is 0 Å². The van der Waals surface area contributed by atoms with Gasteiger partial charge in [-0.25, -0.2) is 0 Å². The highest BCUT2D eigenvalue weighted by Gasteiger charge is 2.45. The van der Waals surface area contributed by atoms with E-state index in [2.05, 4.69) is 11.9 Å². The van der Waals surface area contributed by atoms with Crippen molar-refractivity contribution in [1.82, 2.24) is 4.90 Å². The first-order valence-corrected chi connectivity index (χ1v) is 8.22. The van der Waals surface area contributed by atoms with E-state index in [9.17, 15) is 4.79 Å². The highest BCUT2D eigenvalue weighted by molar-refractivity contribution is 6.42. The number of carbonyl (C=O) groups excluding carboxylic acids is 1. The minimum Gasteiger partial charge on any atom is -0.465 e.